The van der Waals surface area contributed by atoms with Crippen LogP contribution in [-0.4, -0.2) is 29.1 Å². The number of para-hydroxylation sites is 3. The number of hydrogen-bond donors (Lipinski definition) is 0. The maximum atomic E-state index is 5.30. The summed E-state index contributed by atoms with van der Waals surface area (Å²) in [5, 5.41) is 5.93. The van der Waals surface area contributed by atoms with Crippen LogP contribution in [0.15, 0.2) is 158 Å². The molecule has 0 saturated carbocycles. The first-order valence-electron chi connectivity index (χ1n) is 16.9. The molecule has 0 spiro atoms. The Bertz CT molecular complexity index is 3100. The number of hydrogen-bond acceptors (Lipinski definition) is 5. The predicted molar refractivity (Wildman–Crippen MR) is 210 cm³/mol. The zero-order chi connectivity index (χ0) is 33.5. The Hall–Kier alpha value is -6.70. The molecule has 0 aliphatic rings. The first-order valence-corrected chi connectivity index (χ1v) is 17.7. The largest absolute Gasteiger partial charge is 0.307 e. The van der Waals surface area contributed by atoms with Gasteiger partial charge in [-0.05, 0) is 54.6 Å². The number of benzene rings is 6. The highest BCUT2D eigenvalue weighted by atomic mass is 32.1. The average molecular weight is 671 g/mol. The maximum absolute atomic E-state index is 5.30. The highest BCUT2D eigenvalue weighted by Gasteiger charge is 2.22. The van der Waals surface area contributed by atoms with Gasteiger partial charge in [0.15, 0.2) is 11.6 Å². The molecule has 11 aromatic rings. The first-order chi connectivity index (χ1) is 25.3. The lowest BCUT2D eigenvalue weighted by atomic mass is 10.1. The standard InChI is InChI=1S/C44H26N6S/c1-2-13-27(14-3-1)42-46-43(48-44(47-42)50-34-19-8-4-15-28(34)29-16-5-9-20-35(29)50)31-18-6-10-21-36(31)49-37-22-12-24-45-41(37)33-26-40-32(25-38(33)49)30-17-7-11-23-39(30)51-40/h1-26H. The molecule has 5 aromatic heterocycles. The highest BCUT2D eigenvalue weighted by molar-refractivity contribution is 7.25. The fourth-order valence-corrected chi connectivity index (χ4v) is 8.73. The molecule has 0 unspecified atom stereocenters. The van der Waals surface area contributed by atoms with Crippen LogP contribution in [0.2, 0.25) is 0 Å². The van der Waals surface area contributed by atoms with E-state index in [2.05, 4.69) is 137 Å². The van der Waals surface area contributed by atoms with E-state index < -0.39 is 0 Å². The molecule has 6 aromatic carbocycles. The second kappa shape index (κ2) is 10.9. The molecule has 6 nitrogen and oxygen atoms in total. The van der Waals surface area contributed by atoms with Gasteiger partial charge in [-0.2, -0.15) is 9.97 Å². The number of rotatable bonds is 4. The van der Waals surface area contributed by atoms with Crippen molar-refractivity contribution in [3.63, 3.8) is 0 Å². The minimum Gasteiger partial charge on any atom is -0.307 e. The van der Waals surface area contributed by atoms with Gasteiger partial charge < -0.3 is 4.57 Å². The number of pyridine rings is 1. The van der Waals surface area contributed by atoms with Gasteiger partial charge in [-0.1, -0.05) is 97.1 Å². The van der Waals surface area contributed by atoms with Gasteiger partial charge in [0.1, 0.15) is 0 Å². The summed E-state index contributed by atoms with van der Waals surface area (Å²) in [5.41, 5.74) is 7.97. The minimum absolute atomic E-state index is 0.571. The van der Waals surface area contributed by atoms with Crippen molar-refractivity contribution in [1.82, 2.24) is 29.1 Å². The van der Waals surface area contributed by atoms with Crippen LogP contribution in [0.3, 0.4) is 0 Å². The summed E-state index contributed by atoms with van der Waals surface area (Å²) in [4.78, 5) is 20.6. The van der Waals surface area contributed by atoms with Gasteiger partial charge in [-0.25, -0.2) is 4.98 Å². The van der Waals surface area contributed by atoms with E-state index in [0.717, 1.165) is 60.6 Å². The smallest absolute Gasteiger partial charge is 0.238 e. The normalized spacial score (nSPS) is 11.9. The van der Waals surface area contributed by atoms with Crippen molar-refractivity contribution in [2.24, 2.45) is 0 Å². The van der Waals surface area contributed by atoms with E-state index in [-0.39, 0.29) is 0 Å². The van der Waals surface area contributed by atoms with Crippen LogP contribution in [0.1, 0.15) is 0 Å². The lowest BCUT2D eigenvalue weighted by Crippen LogP contribution is -2.07. The molecule has 0 saturated heterocycles. The van der Waals surface area contributed by atoms with E-state index in [0.29, 0.717) is 17.6 Å². The summed E-state index contributed by atoms with van der Waals surface area (Å²) in [6.07, 6.45) is 1.88. The molecule has 0 aliphatic carbocycles. The summed E-state index contributed by atoms with van der Waals surface area (Å²) in [6, 6.07) is 52.9. The SMILES string of the molecule is c1ccc(-c2nc(-c3ccccc3-n3c4cc5c(cc4c4ncccc43)sc3ccccc35)nc(-n3c4ccccc4c4ccccc43)n2)cc1. The van der Waals surface area contributed by atoms with Gasteiger partial charge >= 0.3 is 0 Å². The van der Waals surface area contributed by atoms with Gasteiger partial charge in [-0.15, -0.1) is 11.3 Å². The van der Waals surface area contributed by atoms with Crippen LogP contribution in [0, 0.1) is 0 Å². The third-order valence-electron chi connectivity index (χ3n) is 9.84. The van der Waals surface area contributed by atoms with E-state index in [9.17, 15) is 0 Å². The Morgan fingerprint density at radius 3 is 1.92 bits per heavy atom. The molecule has 0 fully saturated rings. The highest BCUT2D eigenvalue weighted by Crippen LogP contribution is 2.41. The van der Waals surface area contributed by atoms with Crippen LogP contribution in [-0.2, 0) is 0 Å². The molecule has 0 radical (unpaired) electrons. The van der Waals surface area contributed by atoms with Crippen LogP contribution >= 0.6 is 11.3 Å². The zero-order valence-corrected chi connectivity index (χ0v) is 27.9. The van der Waals surface area contributed by atoms with Gasteiger partial charge in [0, 0.05) is 53.7 Å². The third-order valence-corrected chi connectivity index (χ3v) is 11.0. The van der Waals surface area contributed by atoms with Crippen molar-refractivity contribution in [3.8, 4) is 34.4 Å². The second-order valence-corrected chi connectivity index (χ2v) is 13.8. The van der Waals surface area contributed by atoms with E-state index >= 15 is 0 Å². The molecular weight excluding hydrogens is 645 g/mol. The topological polar surface area (TPSA) is 61.4 Å². The fraction of sp³-hybridized carbons (Fsp3) is 0. The van der Waals surface area contributed by atoms with E-state index in [1.54, 1.807) is 0 Å². The van der Waals surface area contributed by atoms with Crippen molar-refractivity contribution in [2.75, 3.05) is 0 Å². The monoisotopic (exact) mass is 670 g/mol. The Labute approximate surface area is 295 Å². The molecule has 11 rings (SSSR count). The van der Waals surface area contributed by atoms with E-state index in [4.69, 9.17) is 19.9 Å². The van der Waals surface area contributed by atoms with Crippen LogP contribution in [0.5, 0.6) is 0 Å². The molecule has 0 N–H and O–H groups in total. The minimum atomic E-state index is 0.571. The van der Waals surface area contributed by atoms with Crippen molar-refractivity contribution < 1.29 is 0 Å². The summed E-state index contributed by atoms with van der Waals surface area (Å²) < 4.78 is 7.02. The Morgan fingerprint density at radius 1 is 0.431 bits per heavy atom. The van der Waals surface area contributed by atoms with Crippen LogP contribution in [0.4, 0.5) is 0 Å². The number of aromatic nitrogens is 6. The van der Waals surface area contributed by atoms with Gasteiger partial charge in [0.2, 0.25) is 5.95 Å². The first kappa shape index (κ1) is 28.2. The maximum Gasteiger partial charge on any atom is 0.238 e. The lowest BCUT2D eigenvalue weighted by Gasteiger charge is -2.15. The Kier molecular flexibility index (Phi) is 6.02. The number of nitrogens with zero attached hydrogens (tertiary/aromatic N) is 6. The molecule has 5 heterocycles. The van der Waals surface area contributed by atoms with Crippen molar-refractivity contribution in [2.45, 2.75) is 0 Å². The summed E-state index contributed by atoms with van der Waals surface area (Å²) in [7, 11) is 0. The molecule has 0 aliphatic heterocycles. The molecule has 0 atom stereocenters. The van der Waals surface area contributed by atoms with Crippen molar-refractivity contribution in [3.05, 3.63) is 158 Å². The quantitative estimate of drug-likeness (QED) is 0.187. The van der Waals surface area contributed by atoms with E-state index in [1.165, 1.54) is 20.2 Å². The second-order valence-electron chi connectivity index (χ2n) is 12.7. The fourth-order valence-electron chi connectivity index (χ4n) is 7.61. The van der Waals surface area contributed by atoms with Gasteiger partial charge in [-0.3, -0.25) is 9.55 Å². The summed E-state index contributed by atoms with van der Waals surface area (Å²) >= 11 is 1.82. The Morgan fingerprint density at radius 2 is 1.10 bits per heavy atom. The zero-order valence-electron chi connectivity index (χ0n) is 27.1. The summed E-state index contributed by atoms with van der Waals surface area (Å²) in [6.45, 7) is 0. The summed E-state index contributed by atoms with van der Waals surface area (Å²) in [5.74, 6) is 1.78. The molecular formula is C44H26N6S. The molecule has 0 amide bonds. The van der Waals surface area contributed by atoms with Gasteiger partial charge in [0.05, 0.1) is 33.3 Å². The molecule has 7 heteroatoms. The van der Waals surface area contributed by atoms with Gasteiger partial charge in [0.25, 0.3) is 0 Å². The Balaban J connectivity index is 1.22. The molecule has 51 heavy (non-hydrogen) atoms. The van der Waals surface area contributed by atoms with Crippen LogP contribution < -0.4 is 0 Å². The van der Waals surface area contributed by atoms with E-state index in [1.807, 2.05) is 41.8 Å². The van der Waals surface area contributed by atoms with Crippen molar-refractivity contribution >= 4 is 75.3 Å². The number of thiophene rings is 1. The predicted octanol–water partition coefficient (Wildman–Crippen LogP) is 11.2. The van der Waals surface area contributed by atoms with Crippen LogP contribution in [0.25, 0.3) is 98.3 Å². The average Bonchev–Trinajstić information content (AvgIpc) is 3.84. The lowest BCUT2D eigenvalue weighted by molar-refractivity contribution is 0.951. The number of fused-ring (bicyclic) bond motifs is 9. The third kappa shape index (κ3) is 4.22. The molecule has 238 valence electrons. The molecule has 0 bridgehead atoms. The van der Waals surface area contributed by atoms with Crippen molar-refractivity contribution in [1.29, 1.82) is 0 Å².